The second kappa shape index (κ2) is 2.53. The van der Waals surface area contributed by atoms with Crippen LogP contribution < -0.4 is 0 Å². The Morgan fingerprint density at radius 3 is 2.54 bits per heavy atom. The molecule has 0 heterocycles. The Labute approximate surface area is 74.6 Å². The van der Waals surface area contributed by atoms with Gasteiger partial charge in [0.15, 0.2) is 0 Å². The molecule has 1 aromatic rings. The number of hydrogen-bond acceptors (Lipinski definition) is 1. The third-order valence-electron chi connectivity index (χ3n) is 2.41. The first kappa shape index (κ1) is 8.18. The maximum Gasteiger partial charge on any atom is 0.128 e. The summed E-state index contributed by atoms with van der Waals surface area (Å²) in [7, 11) is 0. The molecule has 3 heteroatoms. The molecule has 1 aromatic carbocycles. The van der Waals surface area contributed by atoms with Crippen LogP contribution in [0.1, 0.15) is 18.4 Å². The van der Waals surface area contributed by atoms with E-state index in [0.29, 0.717) is 12.8 Å². The second-order valence-corrected chi connectivity index (χ2v) is 3.32. The van der Waals surface area contributed by atoms with E-state index in [4.69, 9.17) is 5.26 Å². The van der Waals surface area contributed by atoms with Gasteiger partial charge in [0.05, 0.1) is 11.5 Å². The summed E-state index contributed by atoms with van der Waals surface area (Å²) in [5.74, 6) is -0.974. The summed E-state index contributed by atoms with van der Waals surface area (Å²) in [4.78, 5) is 0. The van der Waals surface area contributed by atoms with Gasteiger partial charge in [0.2, 0.25) is 0 Å². The average molecular weight is 179 g/mol. The molecule has 0 amide bonds. The van der Waals surface area contributed by atoms with E-state index in [-0.39, 0.29) is 5.56 Å². The largest absolute Gasteiger partial charge is 0.207 e. The SMILES string of the molecule is N#CC1(c2cc(F)ccc2F)CC1. The summed E-state index contributed by atoms with van der Waals surface area (Å²) >= 11 is 0. The molecule has 1 aliphatic carbocycles. The van der Waals surface area contributed by atoms with Gasteiger partial charge in [-0.15, -0.1) is 0 Å². The molecule has 1 saturated carbocycles. The monoisotopic (exact) mass is 179 g/mol. The Morgan fingerprint density at radius 2 is 2.00 bits per heavy atom. The third kappa shape index (κ3) is 1.19. The van der Waals surface area contributed by atoms with E-state index in [1.165, 1.54) is 0 Å². The van der Waals surface area contributed by atoms with Gasteiger partial charge in [-0.05, 0) is 31.0 Å². The Bertz CT molecular complexity index is 388. The molecule has 1 fully saturated rings. The van der Waals surface area contributed by atoms with E-state index in [0.717, 1.165) is 18.2 Å². The summed E-state index contributed by atoms with van der Waals surface area (Å²) < 4.78 is 25.9. The van der Waals surface area contributed by atoms with Gasteiger partial charge in [0.25, 0.3) is 0 Å². The smallest absolute Gasteiger partial charge is 0.128 e. The Morgan fingerprint density at radius 1 is 1.31 bits per heavy atom. The van der Waals surface area contributed by atoms with Gasteiger partial charge in [0.1, 0.15) is 11.6 Å². The standard InChI is InChI=1S/C10H7F2N/c11-7-1-2-9(12)8(5-7)10(6-13)3-4-10/h1-2,5H,3-4H2. The molecule has 0 bridgehead atoms. The van der Waals surface area contributed by atoms with Crippen molar-refractivity contribution >= 4 is 0 Å². The number of halogens is 2. The molecule has 0 atom stereocenters. The van der Waals surface area contributed by atoms with Crippen LogP contribution in [-0.2, 0) is 5.41 Å². The molecule has 1 aliphatic rings. The van der Waals surface area contributed by atoms with Gasteiger partial charge >= 0.3 is 0 Å². The fourth-order valence-electron chi connectivity index (χ4n) is 1.43. The summed E-state index contributed by atoms with van der Waals surface area (Å²) in [5, 5.41) is 8.79. The van der Waals surface area contributed by atoms with Crippen molar-refractivity contribution in [2.24, 2.45) is 0 Å². The summed E-state index contributed by atoms with van der Waals surface area (Å²) in [6.07, 6.45) is 1.26. The second-order valence-electron chi connectivity index (χ2n) is 3.32. The van der Waals surface area contributed by atoms with Crippen molar-refractivity contribution in [1.82, 2.24) is 0 Å². The first-order valence-electron chi connectivity index (χ1n) is 4.05. The van der Waals surface area contributed by atoms with Gasteiger partial charge in [-0.1, -0.05) is 0 Å². The predicted octanol–water partition coefficient (Wildman–Crippen LogP) is 2.52. The number of hydrogen-bond donors (Lipinski definition) is 0. The Balaban J connectivity index is 2.52. The number of nitrogens with zero attached hydrogens (tertiary/aromatic N) is 1. The molecule has 1 nitrogen and oxygen atoms in total. The van der Waals surface area contributed by atoms with Crippen LogP contribution in [0.25, 0.3) is 0 Å². The summed E-state index contributed by atoms with van der Waals surface area (Å²) in [6, 6.07) is 5.28. The van der Waals surface area contributed by atoms with Crippen LogP contribution in [0.3, 0.4) is 0 Å². The fourth-order valence-corrected chi connectivity index (χ4v) is 1.43. The normalized spacial score (nSPS) is 17.9. The van der Waals surface area contributed by atoms with E-state index in [1.54, 1.807) is 0 Å². The summed E-state index contributed by atoms with van der Waals surface area (Å²) in [6.45, 7) is 0. The minimum absolute atomic E-state index is 0.204. The zero-order valence-electron chi connectivity index (χ0n) is 6.85. The van der Waals surface area contributed by atoms with Gasteiger partial charge in [-0.2, -0.15) is 5.26 Å². The quantitative estimate of drug-likeness (QED) is 0.649. The highest BCUT2D eigenvalue weighted by atomic mass is 19.1. The van der Waals surface area contributed by atoms with Crippen LogP contribution in [0.5, 0.6) is 0 Å². The van der Waals surface area contributed by atoms with Crippen LogP contribution >= 0.6 is 0 Å². The van der Waals surface area contributed by atoms with E-state index in [1.807, 2.05) is 6.07 Å². The minimum Gasteiger partial charge on any atom is -0.207 e. The summed E-state index contributed by atoms with van der Waals surface area (Å²) in [5.41, 5.74) is -0.540. The van der Waals surface area contributed by atoms with Crippen molar-refractivity contribution in [3.63, 3.8) is 0 Å². The molecular formula is C10H7F2N. The maximum absolute atomic E-state index is 13.2. The minimum atomic E-state index is -0.744. The lowest BCUT2D eigenvalue weighted by Gasteiger charge is -2.06. The topological polar surface area (TPSA) is 23.8 Å². The predicted molar refractivity (Wildman–Crippen MR) is 42.9 cm³/mol. The van der Waals surface area contributed by atoms with Crippen molar-refractivity contribution in [2.45, 2.75) is 18.3 Å². The highest BCUT2D eigenvalue weighted by molar-refractivity contribution is 5.39. The first-order valence-corrected chi connectivity index (χ1v) is 4.05. The molecule has 66 valence electrons. The van der Waals surface area contributed by atoms with Gasteiger partial charge in [-0.3, -0.25) is 0 Å². The zero-order chi connectivity index (χ0) is 9.47. The van der Waals surface area contributed by atoms with Crippen LogP contribution in [-0.4, -0.2) is 0 Å². The molecule has 0 aliphatic heterocycles. The van der Waals surface area contributed by atoms with E-state index in [2.05, 4.69) is 0 Å². The van der Waals surface area contributed by atoms with Crippen molar-refractivity contribution in [3.8, 4) is 6.07 Å². The maximum atomic E-state index is 13.2. The van der Waals surface area contributed by atoms with E-state index < -0.39 is 17.0 Å². The van der Waals surface area contributed by atoms with Crippen molar-refractivity contribution in [2.75, 3.05) is 0 Å². The van der Waals surface area contributed by atoms with E-state index >= 15 is 0 Å². The number of benzene rings is 1. The number of nitriles is 1. The highest BCUT2D eigenvalue weighted by Gasteiger charge is 2.46. The zero-order valence-corrected chi connectivity index (χ0v) is 6.85. The molecule has 13 heavy (non-hydrogen) atoms. The van der Waals surface area contributed by atoms with Crippen molar-refractivity contribution in [3.05, 3.63) is 35.4 Å². The van der Waals surface area contributed by atoms with Gasteiger partial charge in [-0.25, -0.2) is 8.78 Å². The van der Waals surface area contributed by atoms with Crippen LogP contribution in [0.4, 0.5) is 8.78 Å². The molecule has 0 saturated heterocycles. The number of rotatable bonds is 1. The third-order valence-corrected chi connectivity index (χ3v) is 2.41. The molecule has 2 rings (SSSR count). The van der Waals surface area contributed by atoms with Gasteiger partial charge < -0.3 is 0 Å². The molecule has 0 radical (unpaired) electrons. The average Bonchev–Trinajstić information content (AvgIpc) is 2.90. The molecule has 0 spiro atoms. The van der Waals surface area contributed by atoms with Crippen LogP contribution in [0.2, 0.25) is 0 Å². The highest BCUT2D eigenvalue weighted by Crippen LogP contribution is 2.48. The fraction of sp³-hybridized carbons (Fsp3) is 0.300. The van der Waals surface area contributed by atoms with Crippen molar-refractivity contribution < 1.29 is 8.78 Å². The first-order chi connectivity index (χ1) is 6.18. The molecular weight excluding hydrogens is 172 g/mol. The molecule has 0 N–H and O–H groups in total. The van der Waals surface area contributed by atoms with Gasteiger partial charge in [0, 0.05) is 5.56 Å². The lowest BCUT2D eigenvalue weighted by molar-refractivity contribution is 0.576. The van der Waals surface area contributed by atoms with E-state index in [9.17, 15) is 8.78 Å². The molecule has 0 unspecified atom stereocenters. The van der Waals surface area contributed by atoms with Crippen LogP contribution in [0.15, 0.2) is 18.2 Å². The lowest BCUT2D eigenvalue weighted by atomic mass is 9.97. The van der Waals surface area contributed by atoms with Crippen LogP contribution in [0, 0.1) is 23.0 Å². The molecule has 0 aromatic heterocycles. The Kier molecular flexibility index (Phi) is 1.59. The van der Waals surface area contributed by atoms with Crippen molar-refractivity contribution in [1.29, 1.82) is 5.26 Å². The lowest BCUT2D eigenvalue weighted by Crippen LogP contribution is -2.06. The Hall–Kier alpha value is -1.43.